The van der Waals surface area contributed by atoms with Crippen molar-refractivity contribution in [2.45, 2.75) is 20.5 Å². The van der Waals surface area contributed by atoms with E-state index in [1.807, 2.05) is 41.9 Å². The maximum absolute atomic E-state index is 12.1. The Hall–Kier alpha value is -2.86. The van der Waals surface area contributed by atoms with Gasteiger partial charge in [-0.1, -0.05) is 18.2 Å². The van der Waals surface area contributed by atoms with Gasteiger partial charge in [-0.15, -0.1) is 0 Å². The lowest BCUT2D eigenvalue weighted by atomic mass is 10.2. The average Bonchev–Trinajstić information content (AvgIpc) is 3.03. The van der Waals surface area contributed by atoms with E-state index in [4.69, 9.17) is 9.57 Å². The molecule has 3 rings (SSSR count). The quantitative estimate of drug-likeness (QED) is 0.708. The fourth-order valence-electron chi connectivity index (χ4n) is 2.40. The van der Waals surface area contributed by atoms with E-state index >= 15 is 0 Å². The largest absolute Gasteiger partial charge is 0.486 e. The Balaban J connectivity index is 1.76. The van der Waals surface area contributed by atoms with E-state index < -0.39 is 0 Å². The van der Waals surface area contributed by atoms with E-state index in [1.165, 1.54) is 0 Å². The van der Waals surface area contributed by atoms with Crippen LogP contribution in [0, 0.1) is 6.92 Å². The number of hydrogen-bond donors (Lipinski definition) is 1. The van der Waals surface area contributed by atoms with Gasteiger partial charge in [-0.05, 0) is 37.6 Å². The Labute approximate surface area is 140 Å². The third-order valence-electron chi connectivity index (χ3n) is 3.54. The fraction of sp³-hybridized carbons (Fsp3) is 0.222. The smallest absolute Gasteiger partial charge is 0.278 e. The fourth-order valence-corrected chi connectivity index (χ4v) is 2.40. The van der Waals surface area contributed by atoms with Crippen LogP contribution in [0.3, 0.4) is 0 Å². The molecular weight excluding hydrogens is 306 g/mol. The molecule has 0 aliphatic carbocycles. The number of amides is 1. The molecule has 0 aliphatic heterocycles. The summed E-state index contributed by atoms with van der Waals surface area (Å²) in [4.78, 5) is 21.6. The molecule has 2 aromatic heterocycles. The van der Waals surface area contributed by atoms with Gasteiger partial charge in [0.25, 0.3) is 5.91 Å². The first-order valence-corrected chi connectivity index (χ1v) is 7.76. The zero-order chi connectivity index (χ0) is 16.9. The SMILES string of the molecule is CCONC(=O)c1ccccc1OCc1cn2cccc(C)c2n1. The van der Waals surface area contributed by atoms with Crippen molar-refractivity contribution in [1.29, 1.82) is 0 Å². The monoisotopic (exact) mass is 325 g/mol. The normalized spacial score (nSPS) is 10.8. The number of nitrogens with one attached hydrogen (secondary N) is 1. The molecule has 0 atom stereocenters. The number of hydrogen-bond acceptors (Lipinski definition) is 4. The molecule has 124 valence electrons. The van der Waals surface area contributed by atoms with Crippen LogP contribution < -0.4 is 10.2 Å². The molecule has 0 radical (unpaired) electrons. The maximum Gasteiger partial charge on any atom is 0.278 e. The second-order valence-corrected chi connectivity index (χ2v) is 5.30. The number of nitrogens with zero attached hydrogens (tertiary/aromatic N) is 2. The van der Waals surface area contributed by atoms with Gasteiger partial charge >= 0.3 is 0 Å². The molecule has 0 saturated carbocycles. The van der Waals surface area contributed by atoms with E-state index in [-0.39, 0.29) is 12.5 Å². The van der Waals surface area contributed by atoms with Crippen LogP contribution in [-0.4, -0.2) is 21.9 Å². The van der Waals surface area contributed by atoms with Crippen LogP contribution in [0.2, 0.25) is 0 Å². The molecule has 1 amide bonds. The number of carbonyl (C=O) groups excluding carboxylic acids is 1. The summed E-state index contributed by atoms with van der Waals surface area (Å²) in [5.74, 6) is 0.154. The molecule has 24 heavy (non-hydrogen) atoms. The molecule has 6 heteroatoms. The van der Waals surface area contributed by atoms with Gasteiger partial charge in [-0.25, -0.2) is 10.5 Å². The molecule has 0 aliphatic rings. The van der Waals surface area contributed by atoms with Gasteiger partial charge in [0, 0.05) is 12.4 Å². The minimum absolute atomic E-state index is 0.278. The Bertz CT molecular complexity index is 858. The number of imidazole rings is 1. The van der Waals surface area contributed by atoms with Crippen molar-refractivity contribution in [3.63, 3.8) is 0 Å². The summed E-state index contributed by atoms with van der Waals surface area (Å²) in [6.07, 6.45) is 3.87. The molecule has 0 fully saturated rings. The van der Waals surface area contributed by atoms with E-state index in [0.29, 0.717) is 17.9 Å². The highest BCUT2D eigenvalue weighted by molar-refractivity contribution is 5.96. The summed E-state index contributed by atoms with van der Waals surface area (Å²) in [6, 6.07) is 11.0. The Morgan fingerprint density at radius 1 is 1.25 bits per heavy atom. The van der Waals surface area contributed by atoms with Crippen molar-refractivity contribution in [3.05, 3.63) is 65.6 Å². The zero-order valence-electron chi connectivity index (χ0n) is 13.7. The van der Waals surface area contributed by atoms with Gasteiger partial charge in [-0.3, -0.25) is 9.63 Å². The summed E-state index contributed by atoms with van der Waals surface area (Å²) < 4.78 is 7.76. The van der Waals surface area contributed by atoms with E-state index in [1.54, 1.807) is 25.1 Å². The molecule has 0 spiro atoms. The summed E-state index contributed by atoms with van der Waals surface area (Å²) >= 11 is 0. The molecule has 0 bridgehead atoms. The minimum Gasteiger partial charge on any atom is -0.486 e. The van der Waals surface area contributed by atoms with E-state index in [9.17, 15) is 4.79 Å². The van der Waals surface area contributed by atoms with E-state index in [0.717, 1.165) is 16.9 Å². The predicted molar refractivity (Wildman–Crippen MR) is 89.8 cm³/mol. The third-order valence-corrected chi connectivity index (χ3v) is 3.54. The number of hydroxylamine groups is 1. The average molecular weight is 325 g/mol. The van der Waals surface area contributed by atoms with Gasteiger partial charge in [0.15, 0.2) is 0 Å². The Morgan fingerprint density at radius 3 is 2.88 bits per heavy atom. The number of benzene rings is 1. The van der Waals surface area contributed by atoms with Crippen molar-refractivity contribution < 1.29 is 14.4 Å². The van der Waals surface area contributed by atoms with Crippen molar-refractivity contribution >= 4 is 11.6 Å². The first-order valence-electron chi connectivity index (χ1n) is 7.76. The Morgan fingerprint density at radius 2 is 2.08 bits per heavy atom. The van der Waals surface area contributed by atoms with Gasteiger partial charge < -0.3 is 9.14 Å². The van der Waals surface area contributed by atoms with Crippen molar-refractivity contribution in [2.24, 2.45) is 0 Å². The van der Waals surface area contributed by atoms with Crippen LogP contribution >= 0.6 is 0 Å². The third kappa shape index (κ3) is 3.38. The number of rotatable bonds is 6. The summed E-state index contributed by atoms with van der Waals surface area (Å²) in [6.45, 7) is 4.49. The number of fused-ring (bicyclic) bond motifs is 1. The van der Waals surface area contributed by atoms with Crippen molar-refractivity contribution in [1.82, 2.24) is 14.9 Å². The first-order chi connectivity index (χ1) is 11.7. The highest BCUT2D eigenvalue weighted by Gasteiger charge is 2.13. The summed E-state index contributed by atoms with van der Waals surface area (Å²) in [7, 11) is 0. The van der Waals surface area contributed by atoms with Crippen LogP contribution in [0.4, 0.5) is 0 Å². The van der Waals surface area contributed by atoms with Crippen LogP contribution in [0.1, 0.15) is 28.5 Å². The number of aromatic nitrogens is 2. The van der Waals surface area contributed by atoms with Crippen LogP contribution in [0.15, 0.2) is 48.8 Å². The predicted octanol–water partition coefficient (Wildman–Crippen LogP) is 2.90. The van der Waals surface area contributed by atoms with Gasteiger partial charge in [0.2, 0.25) is 0 Å². The number of ether oxygens (including phenoxy) is 1. The highest BCUT2D eigenvalue weighted by atomic mass is 16.6. The zero-order valence-corrected chi connectivity index (χ0v) is 13.7. The molecular formula is C18H19N3O3. The highest BCUT2D eigenvalue weighted by Crippen LogP contribution is 2.19. The van der Waals surface area contributed by atoms with Crippen LogP contribution in [-0.2, 0) is 11.4 Å². The van der Waals surface area contributed by atoms with Crippen LogP contribution in [0.25, 0.3) is 5.65 Å². The lowest BCUT2D eigenvalue weighted by molar-refractivity contribution is 0.0361. The molecule has 3 aromatic rings. The standard InChI is InChI=1S/C18H19N3O3/c1-3-24-20-18(22)15-8-4-5-9-16(15)23-12-14-11-21-10-6-7-13(2)17(21)19-14/h4-11H,3,12H2,1-2H3,(H,20,22). The van der Waals surface area contributed by atoms with Crippen molar-refractivity contribution in [3.8, 4) is 5.75 Å². The van der Waals surface area contributed by atoms with E-state index in [2.05, 4.69) is 10.5 Å². The molecule has 0 saturated heterocycles. The molecule has 1 N–H and O–H groups in total. The lowest BCUT2D eigenvalue weighted by Gasteiger charge is -2.10. The maximum atomic E-state index is 12.1. The lowest BCUT2D eigenvalue weighted by Crippen LogP contribution is -2.24. The summed E-state index contributed by atoms with van der Waals surface area (Å²) in [5, 5.41) is 0. The van der Waals surface area contributed by atoms with Gasteiger partial charge in [0.05, 0.1) is 17.9 Å². The second kappa shape index (κ2) is 7.14. The number of carbonyl (C=O) groups is 1. The first kappa shape index (κ1) is 16.0. The van der Waals surface area contributed by atoms with Crippen LogP contribution in [0.5, 0.6) is 5.75 Å². The summed E-state index contributed by atoms with van der Waals surface area (Å²) in [5.41, 5.74) is 5.59. The van der Waals surface area contributed by atoms with Gasteiger partial charge in [0.1, 0.15) is 18.0 Å². The topological polar surface area (TPSA) is 64.9 Å². The minimum atomic E-state index is -0.335. The molecule has 1 aromatic carbocycles. The molecule has 2 heterocycles. The second-order valence-electron chi connectivity index (χ2n) is 5.30. The van der Waals surface area contributed by atoms with Crippen molar-refractivity contribution in [2.75, 3.05) is 6.61 Å². The van der Waals surface area contributed by atoms with Gasteiger partial charge in [-0.2, -0.15) is 0 Å². The Kier molecular flexibility index (Phi) is 4.77. The number of para-hydroxylation sites is 1. The number of pyridine rings is 1. The molecule has 0 unspecified atom stereocenters. The number of aryl methyl sites for hydroxylation is 1. The molecule has 6 nitrogen and oxygen atoms in total.